The van der Waals surface area contributed by atoms with Crippen molar-refractivity contribution < 1.29 is 23.7 Å². The normalized spacial score (nSPS) is 56.2. The Morgan fingerprint density at radius 1 is 1.25 bits per heavy atom. The molecule has 1 aliphatic carbocycles. The first-order valence-electron chi connectivity index (χ1n) is 5.74. The molecule has 5 nitrogen and oxygen atoms in total. The number of fused-ring (bicyclic) bond motifs is 3. The topological polar surface area (TPSA) is 54.0 Å². The zero-order chi connectivity index (χ0) is 11.1. The molecule has 0 amide bonds. The van der Waals surface area contributed by atoms with Crippen LogP contribution >= 0.6 is 0 Å². The third kappa shape index (κ3) is 1.04. The average molecular weight is 226 g/mol. The Morgan fingerprint density at radius 2 is 2.06 bits per heavy atom. The van der Waals surface area contributed by atoms with Crippen LogP contribution in [0.3, 0.4) is 0 Å². The molecule has 0 aromatic heterocycles. The minimum atomic E-state index is -0.614. The monoisotopic (exact) mass is 226 g/mol. The van der Waals surface area contributed by atoms with E-state index in [2.05, 4.69) is 0 Å². The summed E-state index contributed by atoms with van der Waals surface area (Å²) in [5.41, 5.74) is 0. The van der Waals surface area contributed by atoms with Gasteiger partial charge in [-0.05, 0) is 13.8 Å². The minimum absolute atomic E-state index is 0.0395. The van der Waals surface area contributed by atoms with E-state index in [0.717, 1.165) is 0 Å². The van der Waals surface area contributed by atoms with Gasteiger partial charge in [0.05, 0.1) is 18.6 Å². The van der Waals surface area contributed by atoms with Crippen LogP contribution in [0.15, 0.2) is 0 Å². The Labute approximate surface area is 93.0 Å². The molecule has 5 heteroatoms. The summed E-state index contributed by atoms with van der Waals surface area (Å²) in [4.78, 5) is 11.5. The highest BCUT2D eigenvalue weighted by Crippen LogP contribution is 2.57. The molecule has 0 N–H and O–H groups in total. The smallest absolute Gasteiger partial charge is 0.312 e. The first kappa shape index (κ1) is 9.39. The molecule has 0 unspecified atom stereocenters. The van der Waals surface area contributed by atoms with E-state index in [4.69, 9.17) is 18.9 Å². The van der Waals surface area contributed by atoms with Crippen molar-refractivity contribution in [3.8, 4) is 0 Å². The van der Waals surface area contributed by atoms with Crippen molar-refractivity contribution in [1.82, 2.24) is 0 Å². The number of esters is 1. The van der Waals surface area contributed by atoms with E-state index >= 15 is 0 Å². The average Bonchev–Trinajstić information content (AvgIpc) is 2.80. The number of rotatable bonds is 0. The molecule has 3 aliphatic heterocycles. The maximum absolute atomic E-state index is 11.5. The molecule has 88 valence electrons. The van der Waals surface area contributed by atoms with Gasteiger partial charge in [-0.25, -0.2) is 0 Å². The standard InChI is InChI=1S/C11H14O5/c1-11(2)13-3-4-7(16-11)9-5-6(8(5)14-4)10(12)15-9/h4-9H,3H2,1-2H3/t4-,5-,6-,7-,8-,9-/m1/s1. The van der Waals surface area contributed by atoms with Crippen molar-refractivity contribution in [2.75, 3.05) is 6.61 Å². The second-order valence-corrected chi connectivity index (χ2v) is 5.44. The molecule has 6 atom stereocenters. The summed E-state index contributed by atoms with van der Waals surface area (Å²) in [6.45, 7) is 4.26. The quantitative estimate of drug-likeness (QED) is 0.547. The summed E-state index contributed by atoms with van der Waals surface area (Å²) in [6, 6.07) is 0. The van der Waals surface area contributed by atoms with E-state index in [1.807, 2.05) is 13.8 Å². The summed E-state index contributed by atoms with van der Waals surface area (Å²) in [5.74, 6) is -0.548. The summed E-state index contributed by atoms with van der Waals surface area (Å²) in [6.07, 6.45) is -0.316. The second-order valence-electron chi connectivity index (χ2n) is 5.44. The molecule has 3 heterocycles. The molecule has 4 aliphatic rings. The Bertz CT molecular complexity index is 365. The van der Waals surface area contributed by atoms with Crippen molar-refractivity contribution in [3.05, 3.63) is 0 Å². The van der Waals surface area contributed by atoms with E-state index in [1.165, 1.54) is 0 Å². The molecular formula is C11H14O5. The van der Waals surface area contributed by atoms with Gasteiger partial charge in [0, 0.05) is 5.92 Å². The first-order valence-corrected chi connectivity index (χ1v) is 5.74. The summed E-state index contributed by atoms with van der Waals surface area (Å²) in [7, 11) is 0. The van der Waals surface area contributed by atoms with Crippen LogP contribution in [0.25, 0.3) is 0 Å². The Kier molecular flexibility index (Phi) is 1.53. The molecule has 4 fully saturated rings. The van der Waals surface area contributed by atoms with Crippen LogP contribution in [0.4, 0.5) is 0 Å². The molecule has 1 saturated carbocycles. The zero-order valence-electron chi connectivity index (χ0n) is 9.21. The van der Waals surface area contributed by atoms with Crippen molar-refractivity contribution in [2.24, 2.45) is 11.8 Å². The van der Waals surface area contributed by atoms with Crippen LogP contribution in [0.1, 0.15) is 13.8 Å². The highest BCUT2D eigenvalue weighted by molar-refractivity contribution is 5.80. The lowest BCUT2D eigenvalue weighted by atomic mass is 10.00. The van der Waals surface area contributed by atoms with E-state index in [-0.39, 0.29) is 42.2 Å². The van der Waals surface area contributed by atoms with Crippen LogP contribution in [0, 0.1) is 11.8 Å². The number of hydrogen-bond donors (Lipinski definition) is 0. The Hall–Kier alpha value is -0.650. The van der Waals surface area contributed by atoms with Crippen LogP contribution in [-0.4, -0.2) is 42.8 Å². The largest absolute Gasteiger partial charge is 0.459 e. The molecule has 4 rings (SSSR count). The van der Waals surface area contributed by atoms with Gasteiger partial charge in [-0.2, -0.15) is 0 Å². The predicted molar refractivity (Wildman–Crippen MR) is 50.4 cm³/mol. The number of carbonyl (C=O) groups excluding carboxylic acids is 1. The SMILES string of the molecule is CC1(C)OC[C@H]2O[C@H]3[C@@H]4C(=O)O[C@@H]([C@@H]2O1)[C@@H]34. The lowest BCUT2D eigenvalue weighted by Crippen LogP contribution is -2.58. The lowest BCUT2D eigenvalue weighted by Gasteiger charge is -2.45. The van der Waals surface area contributed by atoms with E-state index in [0.29, 0.717) is 6.61 Å². The van der Waals surface area contributed by atoms with E-state index in [9.17, 15) is 4.79 Å². The third-order valence-corrected chi connectivity index (χ3v) is 3.95. The molecule has 0 aromatic rings. The molecule has 0 radical (unpaired) electrons. The van der Waals surface area contributed by atoms with Crippen molar-refractivity contribution >= 4 is 5.97 Å². The highest BCUT2D eigenvalue weighted by Gasteiger charge is 2.73. The second kappa shape index (κ2) is 2.60. The van der Waals surface area contributed by atoms with Crippen LogP contribution in [-0.2, 0) is 23.7 Å². The molecule has 3 saturated heterocycles. The van der Waals surface area contributed by atoms with Gasteiger partial charge in [-0.15, -0.1) is 0 Å². The van der Waals surface area contributed by atoms with Crippen LogP contribution < -0.4 is 0 Å². The summed E-state index contributed by atoms with van der Waals surface area (Å²) in [5, 5.41) is 0. The molecular weight excluding hydrogens is 212 g/mol. The van der Waals surface area contributed by atoms with E-state index in [1.54, 1.807) is 0 Å². The molecule has 0 bridgehead atoms. The van der Waals surface area contributed by atoms with Gasteiger partial charge in [0.2, 0.25) is 0 Å². The summed E-state index contributed by atoms with van der Waals surface area (Å²) >= 11 is 0. The van der Waals surface area contributed by atoms with Gasteiger partial charge in [0.1, 0.15) is 18.3 Å². The van der Waals surface area contributed by atoms with Crippen molar-refractivity contribution in [3.63, 3.8) is 0 Å². The van der Waals surface area contributed by atoms with Gasteiger partial charge in [-0.3, -0.25) is 4.79 Å². The maximum Gasteiger partial charge on any atom is 0.312 e. The van der Waals surface area contributed by atoms with Gasteiger partial charge in [0.25, 0.3) is 0 Å². The minimum Gasteiger partial charge on any atom is -0.459 e. The third-order valence-electron chi connectivity index (χ3n) is 3.95. The van der Waals surface area contributed by atoms with E-state index < -0.39 is 5.79 Å². The zero-order valence-corrected chi connectivity index (χ0v) is 9.21. The Morgan fingerprint density at radius 3 is 2.88 bits per heavy atom. The maximum atomic E-state index is 11.5. The predicted octanol–water partition coefficient (Wildman–Crippen LogP) is 0.0767. The fraction of sp³-hybridized carbons (Fsp3) is 0.909. The number of hydrogen-bond acceptors (Lipinski definition) is 5. The fourth-order valence-electron chi connectivity index (χ4n) is 3.15. The summed E-state index contributed by atoms with van der Waals surface area (Å²) < 4.78 is 22.5. The highest BCUT2D eigenvalue weighted by atomic mass is 16.7. The van der Waals surface area contributed by atoms with Crippen molar-refractivity contribution in [2.45, 2.75) is 44.1 Å². The Balaban J connectivity index is 1.64. The van der Waals surface area contributed by atoms with Gasteiger partial charge in [-0.1, -0.05) is 0 Å². The number of ether oxygens (including phenoxy) is 4. The van der Waals surface area contributed by atoms with Crippen LogP contribution in [0.2, 0.25) is 0 Å². The molecule has 0 aromatic carbocycles. The van der Waals surface area contributed by atoms with Gasteiger partial charge < -0.3 is 18.9 Å². The fourth-order valence-corrected chi connectivity index (χ4v) is 3.15. The molecule has 0 spiro atoms. The van der Waals surface area contributed by atoms with Crippen LogP contribution in [0.5, 0.6) is 0 Å². The molecule has 16 heavy (non-hydrogen) atoms. The first-order chi connectivity index (χ1) is 7.57. The lowest BCUT2D eigenvalue weighted by molar-refractivity contribution is -0.338. The number of carbonyl (C=O) groups is 1. The van der Waals surface area contributed by atoms with Gasteiger partial charge >= 0.3 is 5.97 Å². The van der Waals surface area contributed by atoms with Crippen molar-refractivity contribution in [1.29, 1.82) is 0 Å². The van der Waals surface area contributed by atoms with Gasteiger partial charge in [0.15, 0.2) is 5.79 Å².